The van der Waals surface area contributed by atoms with Gasteiger partial charge in [0.2, 0.25) is 0 Å². The van der Waals surface area contributed by atoms with E-state index in [1.165, 1.54) is 0 Å². The average Bonchev–Trinajstić information content (AvgIpc) is 2.12. The van der Waals surface area contributed by atoms with Crippen LogP contribution in [0.25, 0.3) is 0 Å². The minimum atomic E-state index is -0.233. The number of carbonyl (C=O) groups is 1. The van der Waals surface area contributed by atoms with Crippen molar-refractivity contribution in [2.75, 3.05) is 12.3 Å². The second-order valence-electron chi connectivity index (χ2n) is 2.79. The molecule has 2 N–H and O–H groups in total. The molecule has 1 aromatic carbocycles. The maximum absolute atomic E-state index is 11.2. The van der Waals surface area contributed by atoms with Crippen LogP contribution >= 0.6 is 22.6 Å². The summed E-state index contributed by atoms with van der Waals surface area (Å²) in [4.78, 5) is 11.2. The molecule has 4 heteroatoms. The molecule has 0 aromatic heterocycles. The Bertz CT molecular complexity index is 319. The summed E-state index contributed by atoms with van der Waals surface area (Å²) in [5.41, 5.74) is 7.25. The first-order valence-corrected chi connectivity index (χ1v) is 5.41. The first-order valence-electron chi connectivity index (χ1n) is 4.33. The Balaban J connectivity index is 2.80. The molecule has 0 aliphatic heterocycles. The van der Waals surface area contributed by atoms with E-state index in [0.29, 0.717) is 12.3 Å². The van der Waals surface area contributed by atoms with Crippen molar-refractivity contribution in [3.8, 4) is 0 Å². The monoisotopic (exact) mass is 305 g/mol. The molecule has 0 saturated heterocycles. The molecule has 0 amide bonds. The number of rotatable bonds is 3. The van der Waals surface area contributed by atoms with Crippen molar-refractivity contribution < 1.29 is 9.53 Å². The highest BCUT2D eigenvalue weighted by Gasteiger charge is 2.09. The van der Waals surface area contributed by atoms with Gasteiger partial charge in [0.25, 0.3) is 0 Å². The lowest BCUT2D eigenvalue weighted by atomic mass is 10.1. The van der Waals surface area contributed by atoms with Crippen molar-refractivity contribution in [1.29, 1.82) is 0 Å². The number of anilines is 1. The Hall–Kier alpha value is -0.780. The molecule has 76 valence electrons. The molecular weight excluding hydrogens is 293 g/mol. The van der Waals surface area contributed by atoms with E-state index in [1.807, 2.05) is 12.1 Å². The van der Waals surface area contributed by atoms with E-state index >= 15 is 0 Å². The van der Waals surface area contributed by atoms with Gasteiger partial charge in [0.1, 0.15) is 0 Å². The fourth-order valence-corrected chi connectivity index (χ4v) is 1.83. The molecule has 0 aliphatic carbocycles. The van der Waals surface area contributed by atoms with Crippen molar-refractivity contribution in [3.05, 3.63) is 27.3 Å². The van der Waals surface area contributed by atoms with E-state index in [4.69, 9.17) is 10.5 Å². The number of esters is 1. The molecule has 0 heterocycles. The molecule has 0 bridgehead atoms. The molecule has 0 spiro atoms. The van der Waals surface area contributed by atoms with Crippen LogP contribution in [-0.2, 0) is 16.0 Å². The number of carbonyl (C=O) groups excluding carboxylic acids is 1. The van der Waals surface area contributed by atoms with Gasteiger partial charge in [-0.1, -0.05) is 6.07 Å². The van der Waals surface area contributed by atoms with Crippen LogP contribution in [0.15, 0.2) is 18.2 Å². The summed E-state index contributed by atoms with van der Waals surface area (Å²) in [6.07, 6.45) is 0.249. The summed E-state index contributed by atoms with van der Waals surface area (Å²) < 4.78 is 5.85. The maximum Gasteiger partial charge on any atom is 0.310 e. The summed E-state index contributed by atoms with van der Waals surface area (Å²) >= 11 is 2.16. The Labute approximate surface area is 96.8 Å². The summed E-state index contributed by atoms with van der Waals surface area (Å²) in [7, 11) is 0. The predicted octanol–water partition coefficient (Wildman–Crippen LogP) is 1.98. The highest BCUT2D eigenvalue weighted by molar-refractivity contribution is 14.1. The molecule has 0 radical (unpaired) electrons. The largest absolute Gasteiger partial charge is 0.466 e. The van der Waals surface area contributed by atoms with Gasteiger partial charge in [-0.3, -0.25) is 4.79 Å². The Kier molecular flexibility index (Phi) is 4.19. The third-order valence-electron chi connectivity index (χ3n) is 1.78. The van der Waals surface area contributed by atoms with Crippen molar-refractivity contribution in [2.45, 2.75) is 13.3 Å². The first kappa shape index (κ1) is 11.3. The highest BCUT2D eigenvalue weighted by Crippen LogP contribution is 2.19. The van der Waals surface area contributed by atoms with Crippen LogP contribution in [0, 0.1) is 3.57 Å². The SMILES string of the molecule is CCOC(=O)Cc1c(N)cccc1I. The molecule has 0 atom stereocenters. The van der Waals surface area contributed by atoms with Crippen LogP contribution in [-0.4, -0.2) is 12.6 Å². The third-order valence-corrected chi connectivity index (χ3v) is 2.79. The molecular formula is C10H12INO2. The maximum atomic E-state index is 11.2. The van der Waals surface area contributed by atoms with Crippen LogP contribution in [0.3, 0.4) is 0 Å². The number of hydrogen-bond acceptors (Lipinski definition) is 3. The van der Waals surface area contributed by atoms with Crippen molar-refractivity contribution in [2.24, 2.45) is 0 Å². The fourth-order valence-electron chi connectivity index (χ4n) is 1.12. The summed E-state index contributed by atoms with van der Waals surface area (Å²) in [6.45, 7) is 2.19. The van der Waals surface area contributed by atoms with E-state index in [-0.39, 0.29) is 12.4 Å². The molecule has 0 fully saturated rings. The van der Waals surface area contributed by atoms with Crippen LogP contribution in [0.1, 0.15) is 12.5 Å². The summed E-state index contributed by atoms with van der Waals surface area (Å²) in [5.74, 6) is -0.233. The number of halogens is 1. The number of ether oxygens (including phenoxy) is 1. The zero-order valence-corrected chi connectivity index (χ0v) is 10.1. The Morgan fingerprint density at radius 2 is 2.29 bits per heavy atom. The second kappa shape index (κ2) is 5.19. The van der Waals surface area contributed by atoms with Crippen LogP contribution in [0.2, 0.25) is 0 Å². The Morgan fingerprint density at radius 3 is 2.86 bits per heavy atom. The van der Waals surface area contributed by atoms with E-state index in [0.717, 1.165) is 9.13 Å². The minimum Gasteiger partial charge on any atom is -0.466 e. The van der Waals surface area contributed by atoms with Crippen molar-refractivity contribution in [1.82, 2.24) is 0 Å². The van der Waals surface area contributed by atoms with Gasteiger partial charge in [-0.05, 0) is 47.2 Å². The van der Waals surface area contributed by atoms with Gasteiger partial charge >= 0.3 is 5.97 Å². The van der Waals surface area contributed by atoms with Crippen molar-refractivity contribution in [3.63, 3.8) is 0 Å². The quantitative estimate of drug-likeness (QED) is 0.528. The summed E-state index contributed by atoms with van der Waals surface area (Å²) in [5, 5.41) is 0. The molecule has 0 saturated carbocycles. The number of nitrogens with two attached hydrogens (primary N) is 1. The van der Waals surface area contributed by atoms with E-state index in [2.05, 4.69) is 22.6 Å². The van der Waals surface area contributed by atoms with E-state index < -0.39 is 0 Å². The lowest BCUT2D eigenvalue weighted by molar-refractivity contribution is -0.142. The average molecular weight is 305 g/mol. The topological polar surface area (TPSA) is 52.3 Å². The van der Waals surface area contributed by atoms with Gasteiger partial charge in [0.05, 0.1) is 13.0 Å². The van der Waals surface area contributed by atoms with E-state index in [9.17, 15) is 4.79 Å². The van der Waals surface area contributed by atoms with E-state index in [1.54, 1.807) is 13.0 Å². The van der Waals surface area contributed by atoms with Gasteiger partial charge in [-0.25, -0.2) is 0 Å². The first-order chi connectivity index (χ1) is 6.65. The zero-order chi connectivity index (χ0) is 10.6. The third kappa shape index (κ3) is 2.87. The van der Waals surface area contributed by atoms with Gasteiger partial charge < -0.3 is 10.5 Å². The fraction of sp³-hybridized carbons (Fsp3) is 0.300. The normalized spacial score (nSPS) is 9.86. The molecule has 0 aliphatic rings. The Morgan fingerprint density at radius 1 is 1.57 bits per heavy atom. The molecule has 1 aromatic rings. The standard InChI is InChI=1S/C10H12INO2/c1-2-14-10(13)6-7-8(11)4-3-5-9(7)12/h3-5H,2,6,12H2,1H3. The van der Waals surface area contributed by atoms with Gasteiger partial charge in [0, 0.05) is 9.26 Å². The lowest BCUT2D eigenvalue weighted by Gasteiger charge is -2.07. The lowest BCUT2D eigenvalue weighted by Crippen LogP contribution is -2.10. The van der Waals surface area contributed by atoms with Gasteiger partial charge in [-0.15, -0.1) is 0 Å². The van der Waals surface area contributed by atoms with Gasteiger partial charge in [-0.2, -0.15) is 0 Å². The number of benzene rings is 1. The van der Waals surface area contributed by atoms with Crippen LogP contribution in [0.5, 0.6) is 0 Å². The number of nitrogen functional groups attached to an aromatic ring is 1. The second-order valence-corrected chi connectivity index (χ2v) is 3.95. The van der Waals surface area contributed by atoms with Crippen molar-refractivity contribution >= 4 is 34.2 Å². The molecule has 1 rings (SSSR count). The number of hydrogen-bond donors (Lipinski definition) is 1. The molecule has 3 nitrogen and oxygen atoms in total. The smallest absolute Gasteiger partial charge is 0.310 e. The molecule has 14 heavy (non-hydrogen) atoms. The predicted molar refractivity (Wildman–Crippen MR) is 63.9 cm³/mol. The van der Waals surface area contributed by atoms with Gasteiger partial charge in [0.15, 0.2) is 0 Å². The molecule has 0 unspecified atom stereocenters. The zero-order valence-electron chi connectivity index (χ0n) is 7.92. The van der Waals surface area contributed by atoms with Crippen LogP contribution < -0.4 is 5.73 Å². The minimum absolute atomic E-state index is 0.233. The highest BCUT2D eigenvalue weighted by atomic mass is 127. The summed E-state index contributed by atoms with van der Waals surface area (Å²) in [6, 6.07) is 5.58. The van der Waals surface area contributed by atoms with Crippen LogP contribution in [0.4, 0.5) is 5.69 Å².